The Labute approximate surface area is 123 Å². The second-order valence-corrected chi connectivity index (χ2v) is 4.83. The number of aromatic amines is 1. The summed E-state index contributed by atoms with van der Waals surface area (Å²) in [6.07, 6.45) is 4.29. The summed E-state index contributed by atoms with van der Waals surface area (Å²) in [4.78, 5) is 22.8. The summed E-state index contributed by atoms with van der Waals surface area (Å²) in [6, 6.07) is -0.409. The number of imide groups is 1. The average Bonchev–Trinajstić information content (AvgIpc) is 2.86. The van der Waals surface area contributed by atoms with Gasteiger partial charge in [-0.15, -0.1) is 0 Å². The lowest BCUT2D eigenvalue weighted by atomic mass is 10.0. The number of fused-ring (bicyclic) bond motifs is 1. The van der Waals surface area contributed by atoms with Crippen LogP contribution in [-0.2, 0) is 16.0 Å². The van der Waals surface area contributed by atoms with Crippen molar-refractivity contribution in [1.82, 2.24) is 15.5 Å². The van der Waals surface area contributed by atoms with Crippen LogP contribution in [0.25, 0.3) is 6.08 Å². The number of rotatable bonds is 2. The van der Waals surface area contributed by atoms with Gasteiger partial charge >= 0.3 is 0 Å². The predicted molar refractivity (Wildman–Crippen MR) is 80.2 cm³/mol. The minimum Gasteiger partial charge on any atom is -0.402 e. The number of anilines is 1. The molecule has 1 atom stereocenters. The van der Waals surface area contributed by atoms with Gasteiger partial charge in [0.1, 0.15) is 6.04 Å². The summed E-state index contributed by atoms with van der Waals surface area (Å²) < 4.78 is 0. The third kappa shape index (κ3) is 3.24. The van der Waals surface area contributed by atoms with Crippen molar-refractivity contribution in [2.75, 3.05) is 5.32 Å². The van der Waals surface area contributed by atoms with Crippen LogP contribution in [0.1, 0.15) is 44.4 Å². The van der Waals surface area contributed by atoms with Crippen molar-refractivity contribution in [1.29, 1.82) is 0 Å². The molecular formula is C14H21N5O2. The fourth-order valence-corrected chi connectivity index (χ4v) is 2.39. The van der Waals surface area contributed by atoms with Crippen molar-refractivity contribution in [2.45, 2.75) is 45.6 Å². The van der Waals surface area contributed by atoms with Gasteiger partial charge in [0.15, 0.2) is 5.82 Å². The molecule has 0 radical (unpaired) electrons. The molecule has 5 N–H and O–H groups in total. The summed E-state index contributed by atoms with van der Waals surface area (Å²) in [5, 5.41) is 12.5. The molecule has 1 fully saturated rings. The average molecular weight is 291 g/mol. The van der Waals surface area contributed by atoms with Gasteiger partial charge in [0.05, 0.1) is 5.69 Å². The van der Waals surface area contributed by atoms with Crippen LogP contribution >= 0.6 is 0 Å². The topological polar surface area (TPSA) is 113 Å². The highest BCUT2D eigenvalue weighted by molar-refractivity contribution is 6.01. The maximum absolute atomic E-state index is 11.7. The van der Waals surface area contributed by atoms with Gasteiger partial charge in [0, 0.05) is 17.7 Å². The molecule has 114 valence electrons. The molecule has 7 nitrogen and oxygen atoms in total. The summed E-state index contributed by atoms with van der Waals surface area (Å²) in [5.41, 5.74) is 8.52. The molecule has 21 heavy (non-hydrogen) atoms. The molecule has 3 rings (SSSR count). The summed E-state index contributed by atoms with van der Waals surface area (Å²) in [7, 11) is 0. The molecule has 1 aliphatic heterocycles. The molecule has 7 heteroatoms. The van der Waals surface area contributed by atoms with Gasteiger partial charge in [0.2, 0.25) is 11.8 Å². The van der Waals surface area contributed by atoms with Crippen molar-refractivity contribution in [3.8, 4) is 0 Å². The van der Waals surface area contributed by atoms with E-state index in [0.717, 1.165) is 29.8 Å². The van der Waals surface area contributed by atoms with Crippen LogP contribution in [0.3, 0.4) is 0 Å². The van der Waals surface area contributed by atoms with Crippen molar-refractivity contribution in [2.24, 2.45) is 5.73 Å². The zero-order valence-electron chi connectivity index (χ0n) is 12.3. The second-order valence-electron chi connectivity index (χ2n) is 4.83. The molecule has 1 saturated heterocycles. The molecule has 2 heterocycles. The third-order valence-electron chi connectivity index (χ3n) is 3.44. The van der Waals surface area contributed by atoms with Crippen molar-refractivity contribution in [3.05, 3.63) is 17.0 Å². The molecule has 1 aromatic heterocycles. The monoisotopic (exact) mass is 291 g/mol. The van der Waals surface area contributed by atoms with Crippen LogP contribution < -0.4 is 16.4 Å². The zero-order chi connectivity index (χ0) is 15.4. The molecule has 0 bridgehead atoms. The quantitative estimate of drug-likeness (QED) is 0.605. The summed E-state index contributed by atoms with van der Waals surface area (Å²) >= 11 is 0. The van der Waals surface area contributed by atoms with E-state index in [4.69, 9.17) is 5.73 Å². The largest absolute Gasteiger partial charge is 0.402 e. The van der Waals surface area contributed by atoms with E-state index >= 15 is 0 Å². The van der Waals surface area contributed by atoms with E-state index in [0.29, 0.717) is 18.7 Å². The molecule has 2 amide bonds. The lowest BCUT2D eigenvalue weighted by molar-refractivity contribution is -0.133. The third-order valence-corrected chi connectivity index (χ3v) is 3.44. The van der Waals surface area contributed by atoms with Gasteiger partial charge in [-0.3, -0.25) is 20.0 Å². The number of hydrogen-bond donors (Lipinski definition) is 4. The number of nitrogens with zero attached hydrogens (tertiary/aromatic N) is 1. The molecule has 2 aliphatic rings. The van der Waals surface area contributed by atoms with Gasteiger partial charge < -0.3 is 11.1 Å². The number of H-pyrrole nitrogens is 1. The fraction of sp³-hybridized carbons (Fsp3) is 0.500. The normalized spacial score (nSPS) is 20.7. The van der Waals surface area contributed by atoms with E-state index in [1.54, 1.807) is 0 Å². The Hall–Kier alpha value is -2.31. The maximum atomic E-state index is 11.7. The maximum Gasteiger partial charge on any atom is 0.249 e. The Bertz CT molecular complexity index is 576. The number of piperidine rings is 1. The highest BCUT2D eigenvalue weighted by Crippen LogP contribution is 2.26. The SMILES string of the molecule is CC.NC1=Cc2[nH]nc(NC3CCC(=O)NC3=O)c2CC1. The van der Waals surface area contributed by atoms with E-state index < -0.39 is 6.04 Å². The number of carbonyl (C=O) groups is 2. The van der Waals surface area contributed by atoms with E-state index in [9.17, 15) is 9.59 Å². The number of amides is 2. The van der Waals surface area contributed by atoms with Gasteiger partial charge in [-0.25, -0.2) is 0 Å². The number of carbonyl (C=O) groups excluding carboxylic acids is 2. The first-order valence-corrected chi connectivity index (χ1v) is 7.27. The number of nitrogens with one attached hydrogen (secondary N) is 3. The highest BCUT2D eigenvalue weighted by atomic mass is 16.2. The summed E-state index contributed by atoms with van der Waals surface area (Å²) in [6.45, 7) is 4.00. The number of aromatic nitrogens is 2. The van der Waals surface area contributed by atoms with Crippen LogP contribution in [0.5, 0.6) is 0 Å². The van der Waals surface area contributed by atoms with Gasteiger partial charge in [-0.1, -0.05) is 13.8 Å². The van der Waals surface area contributed by atoms with Gasteiger partial charge in [-0.05, 0) is 25.3 Å². The molecule has 1 aromatic rings. The number of hydrogen-bond acceptors (Lipinski definition) is 5. The first kappa shape index (κ1) is 15.1. The zero-order valence-corrected chi connectivity index (χ0v) is 12.3. The Morgan fingerprint density at radius 1 is 1.29 bits per heavy atom. The molecule has 1 unspecified atom stereocenters. The van der Waals surface area contributed by atoms with Crippen LogP contribution in [0, 0.1) is 0 Å². The highest BCUT2D eigenvalue weighted by Gasteiger charge is 2.28. The van der Waals surface area contributed by atoms with Crippen LogP contribution in [0.2, 0.25) is 0 Å². The molecular weight excluding hydrogens is 270 g/mol. The van der Waals surface area contributed by atoms with Crippen molar-refractivity contribution >= 4 is 23.7 Å². The Morgan fingerprint density at radius 2 is 2.05 bits per heavy atom. The Morgan fingerprint density at radius 3 is 2.76 bits per heavy atom. The number of allylic oxidation sites excluding steroid dienone is 1. The lowest BCUT2D eigenvalue weighted by Gasteiger charge is -2.22. The lowest BCUT2D eigenvalue weighted by Crippen LogP contribution is -2.47. The standard InChI is InChI=1S/C12H15N5O2.C2H6/c13-6-1-2-7-9(5-6)16-17-11(7)14-8-3-4-10(18)15-12(8)19;1-2/h5,8H,1-4,13H2,(H2,14,16,17)(H,15,18,19);1-2H3. The Kier molecular flexibility index (Phi) is 4.62. The molecule has 0 saturated carbocycles. The number of nitrogens with two attached hydrogens (primary N) is 1. The smallest absolute Gasteiger partial charge is 0.249 e. The van der Waals surface area contributed by atoms with E-state index in [1.807, 2.05) is 19.9 Å². The van der Waals surface area contributed by atoms with Gasteiger partial charge in [-0.2, -0.15) is 5.10 Å². The van der Waals surface area contributed by atoms with E-state index in [2.05, 4.69) is 20.8 Å². The first-order chi connectivity index (χ1) is 10.1. The molecule has 0 aromatic carbocycles. The minimum atomic E-state index is -0.409. The van der Waals surface area contributed by atoms with E-state index in [-0.39, 0.29) is 11.8 Å². The summed E-state index contributed by atoms with van der Waals surface area (Å²) in [5.74, 6) is 0.162. The van der Waals surface area contributed by atoms with Crippen LogP contribution in [-0.4, -0.2) is 28.1 Å². The van der Waals surface area contributed by atoms with Crippen LogP contribution in [0.4, 0.5) is 5.82 Å². The molecule has 0 spiro atoms. The predicted octanol–water partition coefficient (Wildman–Crippen LogP) is 0.899. The Balaban J connectivity index is 0.000000774. The van der Waals surface area contributed by atoms with Crippen molar-refractivity contribution < 1.29 is 9.59 Å². The van der Waals surface area contributed by atoms with Gasteiger partial charge in [0.25, 0.3) is 0 Å². The fourth-order valence-electron chi connectivity index (χ4n) is 2.39. The van der Waals surface area contributed by atoms with Crippen LogP contribution in [0.15, 0.2) is 5.70 Å². The van der Waals surface area contributed by atoms with Crippen molar-refractivity contribution in [3.63, 3.8) is 0 Å². The minimum absolute atomic E-state index is 0.220. The first-order valence-electron chi connectivity index (χ1n) is 7.27. The second kappa shape index (κ2) is 6.43. The van der Waals surface area contributed by atoms with E-state index in [1.165, 1.54) is 0 Å². The molecule has 1 aliphatic carbocycles.